The zero-order valence-electron chi connectivity index (χ0n) is 21.5. The van der Waals surface area contributed by atoms with E-state index in [1.54, 1.807) is 11.3 Å². The predicted octanol–water partition coefficient (Wildman–Crippen LogP) is 6.47. The first-order valence-electron chi connectivity index (χ1n) is 13.3. The monoisotopic (exact) mass is 535 g/mol. The summed E-state index contributed by atoms with van der Waals surface area (Å²) in [6, 6.07) is 10.4. The van der Waals surface area contributed by atoms with E-state index in [2.05, 4.69) is 28.5 Å². The van der Waals surface area contributed by atoms with Crippen LogP contribution in [0.2, 0.25) is 0 Å². The number of fused-ring (bicyclic) bond motifs is 1. The van der Waals surface area contributed by atoms with E-state index in [0.717, 1.165) is 61.2 Å². The minimum atomic E-state index is -0.132. The molecule has 7 nitrogen and oxygen atoms in total. The molecule has 0 spiro atoms. The number of nitrogens with zero attached hydrogens (tertiary/aromatic N) is 4. The Morgan fingerprint density at radius 3 is 2.70 bits per heavy atom. The number of benzene rings is 1. The van der Waals surface area contributed by atoms with Gasteiger partial charge in [0.25, 0.3) is 0 Å². The summed E-state index contributed by atoms with van der Waals surface area (Å²) in [6.45, 7) is 4.96. The van der Waals surface area contributed by atoms with Crippen molar-refractivity contribution >= 4 is 34.0 Å². The van der Waals surface area contributed by atoms with Crippen molar-refractivity contribution in [1.82, 2.24) is 14.8 Å². The summed E-state index contributed by atoms with van der Waals surface area (Å²) in [5.41, 5.74) is 2.75. The molecular weight excluding hydrogens is 502 g/mol. The average molecular weight is 536 g/mol. The lowest BCUT2D eigenvalue weighted by atomic mass is 9.86. The molecule has 2 heterocycles. The van der Waals surface area contributed by atoms with Crippen LogP contribution >= 0.6 is 23.1 Å². The molecule has 3 aromatic rings. The second-order valence-electron chi connectivity index (χ2n) is 9.77. The lowest BCUT2D eigenvalue weighted by molar-refractivity contribution is -0.113. The summed E-state index contributed by atoms with van der Waals surface area (Å²) in [5, 5.41) is 22.9. The molecule has 9 heteroatoms. The van der Waals surface area contributed by atoms with E-state index in [-0.39, 0.29) is 11.7 Å². The number of anilines is 1. The summed E-state index contributed by atoms with van der Waals surface area (Å²) in [5.74, 6) is 2.41. The van der Waals surface area contributed by atoms with Crippen molar-refractivity contribution in [2.45, 2.75) is 83.0 Å². The van der Waals surface area contributed by atoms with Gasteiger partial charge in [0.15, 0.2) is 11.0 Å². The Bertz CT molecular complexity index is 1290. The largest absolute Gasteiger partial charge is 0.490 e. The Morgan fingerprint density at radius 1 is 1.22 bits per heavy atom. The van der Waals surface area contributed by atoms with Gasteiger partial charge < -0.3 is 14.6 Å². The Morgan fingerprint density at radius 2 is 2.00 bits per heavy atom. The summed E-state index contributed by atoms with van der Waals surface area (Å²) in [4.78, 5) is 14.1. The second-order valence-corrected chi connectivity index (χ2v) is 11.8. The van der Waals surface area contributed by atoms with Gasteiger partial charge in [0.2, 0.25) is 5.91 Å². The van der Waals surface area contributed by atoms with Crippen LogP contribution in [0, 0.1) is 17.2 Å². The van der Waals surface area contributed by atoms with Crippen molar-refractivity contribution < 1.29 is 9.53 Å². The first-order valence-corrected chi connectivity index (χ1v) is 15.1. The fourth-order valence-corrected chi connectivity index (χ4v) is 7.41. The molecular formula is C28H33N5O2S2. The van der Waals surface area contributed by atoms with Crippen molar-refractivity contribution in [2.75, 3.05) is 11.1 Å². The van der Waals surface area contributed by atoms with Crippen LogP contribution in [0.4, 0.5) is 5.00 Å². The van der Waals surface area contributed by atoms with Crippen LogP contribution < -0.4 is 10.1 Å². The molecule has 2 aromatic heterocycles. The molecule has 2 aliphatic carbocycles. The number of thioether (sulfide) groups is 1. The number of ether oxygens (including phenoxy) is 1. The quantitative estimate of drug-likeness (QED) is 0.316. The minimum Gasteiger partial charge on any atom is -0.490 e. The highest BCUT2D eigenvalue weighted by molar-refractivity contribution is 7.99. The molecule has 1 aromatic carbocycles. The number of amides is 1. The highest BCUT2D eigenvalue weighted by Gasteiger charge is 2.26. The van der Waals surface area contributed by atoms with Crippen LogP contribution in [0.25, 0.3) is 11.4 Å². The number of thiophene rings is 1. The highest BCUT2D eigenvalue weighted by Crippen LogP contribution is 2.40. The zero-order valence-corrected chi connectivity index (χ0v) is 23.1. The second kappa shape index (κ2) is 11.7. The molecule has 0 aliphatic heterocycles. The molecule has 1 amide bonds. The molecule has 1 fully saturated rings. The van der Waals surface area contributed by atoms with Gasteiger partial charge in [-0.3, -0.25) is 4.79 Å². The molecule has 194 valence electrons. The van der Waals surface area contributed by atoms with Gasteiger partial charge in [-0.1, -0.05) is 25.1 Å². The van der Waals surface area contributed by atoms with Crippen LogP contribution in [0.5, 0.6) is 5.75 Å². The Kier molecular flexibility index (Phi) is 8.16. The third-order valence-electron chi connectivity index (χ3n) is 7.39. The highest BCUT2D eigenvalue weighted by atomic mass is 32.2. The van der Waals surface area contributed by atoms with E-state index < -0.39 is 0 Å². The van der Waals surface area contributed by atoms with Crippen molar-refractivity contribution in [1.29, 1.82) is 5.26 Å². The number of carbonyl (C=O) groups is 1. The Hall–Kier alpha value is -2.83. The minimum absolute atomic E-state index is 0.132. The predicted molar refractivity (Wildman–Crippen MR) is 148 cm³/mol. The maximum atomic E-state index is 12.8. The van der Waals surface area contributed by atoms with Gasteiger partial charge in [0.1, 0.15) is 16.8 Å². The van der Waals surface area contributed by atoms with Gasteiger partial charge in [0.05, 0.1) is 17.4 Å². The van der Waals surface area contributed by atoms with Gasteiger partial charge in [0, 0.05) is 17.0 Å². The molecule has 2 aliphatic rings. The topological polar surface area (TPSA) is 92.8 Å². The number of carbonyl (C=O) groups excluding carboxylic acids is 1. The number of rotatable bonds is 9. The third kappa shape index (κ3) is 5.70. The van der Waals surface area contributed by atoms with Crippen LogP contribution in [0.1, 0.15) is 68.4 Å². The number of hydrogen-bond donors (Lipinski definition) is 1. The zero-order chi connectivity index (χ0) is 25.8. The van der Waals surface area contributed by atoms with Crippen LogP contribution in [0.3, 0.4) is 0 Å². The van der Waals surface area contributed by atoms with Crippen LogP contribution in [-0.4, -0.2) is 32.5 Å². The summed E-state index contributed by atoms with van der Waals surface area (Å²) < 4.78 is 8.11. The lowest BCUT2D eigenvalue weighted by Crippen LogP contribution is -2.15. The van der Waals surface area contributed by atoms with E-state index in [1.807, 2.05) is 35.8 Å². The standard InChI is InChI=1S/C28H33N5O2S2/c1-3-18-9-14-22-23(16-29)27(37-24(22)15-18)30-25(34)17-36-28-32-31-26(33(28)4-2)19-10-12-21(13-11-19)35-20-7-5-6-8-20/h10-13,18,20H,3-9,14-15,17H2,1-2H3,(H,30,34). The average Bonchev–Trinajstić information content (AvgIpc) is 3.65. The van der Waals surface area contributed by atoms with Crippen molar-refractivity contribution in [2.24, 2.45) is 5.92 Å². The number of nitriles is 1. The lowest BCUT2D eigenvalue weighted by Gasteiger charge is -2.20. The number of hydrogen-bond acceptors (Lipinski definition) is 7. The van der Waals surface area contributed by atoms with E-state index in [0.29, 0.717) is 34.3 Å². The summed E-state index contributed by atoms with van der Waals surface area (Å²) in [7, 11) is 0. The molecule has 1 N–H and O–H groups in total. The number of nitrogens with one attached hydrogen (secondary N) is 1. The summed E-state index contributed by atoms with van der Waals surface area (Å²) in [6.07, 6.45) is 9.28. The Labute approximate surface area is 226 Å². The maximum absolute atomic E-state index is 12.8. The fraction of sp³-hybridized carbons (Fsp3) is 0.500. The van der Waals surface area contributed by atoms with Gasteiger partial charge in [-0.25, -0.2) is 0 Å². The normalized spacial score (nSPS) is 17.4. The van der Waals surface area contributed by atoms with Gasteiger partial charge in [-0.15, -0.1) is 21.5 Å². The van der Waals surface area contributed by atoms with Crippen molar-refractivity contribution in [3.8, 4) is 23.2 Å². The molecule has 0 saturated heterocycles. The summed E-state index contributed by atoms with van der Waals surface area (Å²) >= 11 is 2.93. The van der Waals surface area contributed by atoms with Gasteiger partial charge >= 0.3 is 0 Å². The van der Waals surface area contributed by atoms with E-state index in [1.165, 1.54) is 29.5 Å². The molecule has 37 heavy (non-hydrogen) atoms. The fourth-order valence-electron chi connectivity index (χ4n) is 5.28. The van der Waals surface area contributed by atoms with Crippen molar-refractivity contribution in [3.05, 3.63) is 40.3 Å². The maximum Gasteiger partial charge on any atom is 0.235 e. The van der Waals surface area contributed by atoms with E-state index >= 15 is 0 Å². The first kappa shape index (κ1) is 25.8. The van der Waals surface area contributed by atoms with Crippen LogP contribution in [-0.2, 0) is 24.2 Å². The van der Waals surface area contributed by atoms with E-state index in [4.69, 9.17) is 4.74 Å². The SMILES string of the molecule is CCC1CCc2c(sc(NC(=O)CSc3nnc(-c4ccc(OC5CCCC5)cc4)n3CC)c2C#N)C1. The molecule has 0 bridgehead atoms. The van der Waals surface area contributed by atoms with Gasteiger partial charge in [-0.05, 0) is 87.6 Å². The molecule has 1 saturated carbocycles. The number of aromatic nitrogens is 3. The third-order valence-corrected chi connectivity index (χ3v) is 9.53. The molecule has 1 atom stereocenters. The van der Waals surface area contributed by atoms with Crippen LogP contribution in [0.15, 0.2) is 29.4 Å². The Balaban J connectivity index is 1.22. The van der Waals surface area contributed by atoms with E-state index in [9.17, 15) is 10.1 Å². The van der Waals surface area contributed by atoms with Crippen molar-refractivity contribution in [3.63, 3.8) is 0 Å². The molecule has 0 radical (unpaired) electrons. The van der Waals surface area contributed by atoms with Gasteiger partial charge in [-0.2, -0.15) is 5.26 Å². The smallest absolute Gasteiger partial charge is 0.235 e. The first-order chi connectivity index (χ1) is 18.1. The molecule has 1 unspecified atom stereocenters. The molecule has 5 rings (SSSR count).